The molecule has 0 saturated carbocycles. The highest BCUT2D eigenvalue weighted by molar-refractivity contribution is 5.71. The molecule has 3 atom stereocenters. The number of hydrogen-bond acceptors (Lipinski definition) is 2. The van der Waals surface area contributed by atoms with Gasteiger partial charge in [-0.05, 0) is 13.0 Å². The fourth-order valence-electron chi connectivity index (χ4n) is 2.11. The van der Waals surface area contributed by atoms with Gasteiger partial charge in [-0.15, -0.1) is 0 Å². The molecule has 0 aliphatic carbocycles. The summed E-state index contributed by atoms with van der Waals surface area (Å²) >= 11 is 0. The zero-order chi connectivity index (χ0) is 14.2. The summed E-state index contributed by atoms with van der Waals surface area (Å²) in [5, 5.41) is 2.20. The van der Waals surface area contributed by atoms with Gasteiger partial charge in [0.25, 0.3) is 0 Å². The SMILES string of the molecule is C=C(F)[C@H]1OC(=O)N[C@](C)(c2ccccc2F)[C@H]1F. The van der Waals surface area contributed by atoms with Crippen LogP contribution in [-0.4, -0.2) is 18.4 Å². The van der Waals surface area contributed by atoms with E-state index in [2.05, 4.69) is 16.6 Å². The molecule has 2 rings (SSSR count). The van der Waals surface area contributed by atoms with Gasteiger partial charge in [0.05, 0.1) is 0 Å². The summed E-state index contributed by atoms with van der Waals surface area (Å²) in [7, 11) is 0. The maximum absolute atomic E-state index is 14.4. The number of ether oxygens (including phenoxy) is 1. The summed E-state index contributed by atoms with van der Waals surface area (Å²) in [6.07, 6.45) is -4.78. The summed E-state index contributed by atoms with van der Waals surface area (Å²) in [5.74, 6) is -1.82. The zero-order valence-corrected chi connectivity index (χ0v) is 10.1. The van der Waals surface area contributed by atoms with Gasteiger partial charge < -0.3 is 10.1 Å². The van der Waals surface area contributed by atoms with Crippen molar-refractivity contribution >= 4 is 6.09 Å². The van der Waals surface area contributed by atoms with E-state index in [1.54, 1.807) is 0 Å². The van der Waals surface area contributed by atoms with Gasteiger partial charge in [0.15, 0.2) is 12.3 Å². The fourth-order valence-corrected chi connectivity index (χ4v) is 2.11. The monoisotopic (exact) mass is 271 g/mol. The first-order valence-electron chi connectivity index (χ1n) is 5.58. The Bertz CT molecular complexity index is 534. The first kappa shape index (κ1) is 13.5. The molecule has 0 radical (unpaired) electrons. The Labute approximate surface area is 108 Å². The molecule has 1 aromatic rings. The largest absolute Gasteiger partial charge is 0.436 e. The van der Waals surface area contributed by atoms with Gasteiger partial charge in [0.1, 0.15) is 17.2 Å². The molecule has 1 saturated heterocycles. The van der Waals surface area contributed by atoms with Crippen LogP contribution in [0.5, 0.6) is 0 Å². The van der Waals surface area contributed by atoms with E-state index in [9.17, 15) is 18.0 Å². The number of nitrogens with one attached hydrogen (secondary N) is 1. The number of carbonyl (C=O) groups is 1. The lowest BCUT2D eigenvalue weighted by Crippen LogP contribution is -2.60. The maximum atomic E-state index is 14.4. The molecule has 6 heteroatoms. The minimum atomic E-state index is -2.00. The van der Waals surface area contributed by atoms with E-state index < -0.39 is 35.6 Å². The van der Waals surface area contributed by atoms with Gasteiger partial charge >= 0.3 is 6.09 Å². The molecular weight excluding hydrogens is 259 g/mol. The molecule has 3 nitrogen and oxygen atoms in total. The Balaban J connectivity index is 2.49. The van der Waals surface area contributed by atoms with Crippen LogP contribution in [0, 0.1) is 5.82 Å². The lowest BCUT2D eigenvalue weighted by atomic mass is 9.83. The topological polar surface area (TPSA) is 38.3 Å². The third-order valence-corrected chi connectivity index (χ3v) is 3.16. The van der Waals surface area contributed by atoms with Crippen molar-refractivity contribution in [1.29, 1.82) is 0 Å². The fraction of sp³-hybridized carbons (Fsp3) is 0.308. The van der Waals surface area contributed by atoms with Crippen LogP contribution in [0.2, 0.25) is 0 Å². The van der Waals surface area contributed by atoms with Crippen LogP contribution in [0.1, 0.15) is 12.5 Å². The van der Waals surface area contributed by atoms with E-state index in [4.69, 9.17) is 0 Å². The van der Waals surface area contributed by atoms with Crippen LogP contribution in [-0.2, 0) is 10.3 Å². The molecule has 1 aromatic carbocycles. The molecule has 1 amide bonds. The highest BCUT2D eigenvalue weighted by Gasteiger charge is 2.51. The average Bonchev–Trinajstić information content (AvgIpc) is 2.34. The quantitative estimate of drug-likeness (QED) is 0.898. The van der Waals surface area contributed by atoms with Crippen LogP contribution in [0.15, 0.2) is 36.7 Å². The van der Waals surface area contributed by atoms with Crippen molar-refractivity contribution in [2.75, 3.05) is 0 Å². The second-order valence-corrected chi connectivity index (χ2v) is 4.48. The molecule has 0 bridgehead atoms. The summed E-state index contributed by atoms with van der Waals surface area (Å²) in [5.41, 5.74) is -1.80. The van der Waals surface area contributed by atoms with Crippen molar-refractivity contribution < 1.29 is 22.7 Å². The number of cyclic esters (lactones) is 1. The zero-order valence-electron chi connectivity index (χ0n) is 10.1. The number of halogens is 3. The number of alkyl carbamates (subject to hydrolysis) is 1. The van der Waals surface area contributed by atoms with Crippen molar-refractivity contribution in [2.24, 2.45) is 0 Å². The van der Waals surface area contributed by atoms with Crippen LogP contribution < -0.4 is 5.32 Å². The highest BCUT2D eigenvalue weighted by Crippen LogP contribution is 2.36. The van der Waals surface area contributed by atoms with Crippen LogP contribution in [0.3, 0.4) is 0 Å². The molecule has 0 unspecified atom stereocenters. The molecular formula is C13H12F3NO2. The molecule has 1 aliphatic heterocycles. The third kappa shape index (κ3) is 2.18. The first-order chi connectivity index (χ1) is 8.86. The number of alkyl halides is 1. The van der Waals surface area contributed by atoms with Crippen molar-refractivity contribution in [3.63, 3.8) is 0 Å². The first-order valence-corrected chi connectivity index (χ1v) is 5.58. The molecule has 0 spiro atoms. The minimum absolute atomic E-state index is 0.0783. The predicted molar refractivity (Wildman–Crippen MR) is 62.3 cm³/mol. The van der Waals surface area contributed by atoms with Gasteiger partial charge in [0.2, 0.25) is 0 Å². The Kier molecular flexibility index (Phi) is 3.26. The van der Waals surface area contributed by atoms with Crippen molar-refractivity contribution in [3.05, 3.63) is 48.1 Å². The van der Waals surface area contributed by atoms with Gasteiger partial charge in [0, 0.05) is 5.56 Å². The number of amides is 1. The summed E-state index contributed by atoms with van der Waals surface area (Å²) < 4.78 is 45.8. The van der Waals surface area contributed by atoms with Crippen molar-refractivity contribution in [3.8, 4) is 0 Å². The van der Waals surface area contributed by atoms with E-state index in [1.165, 1.54) is 25.1 Å². The Hall–Kier alpha value is -1.98. The smallest absolute Gasteiger partial charge is 0.408 e. The maximum Gasteiger partial charge on any atom is 0.408 e. The van der Waals surface area contributed by atoms with Crippen molar-refractivity contribution in [1.82, 2.24) is 5.32 Å². The van der Waals surface area contributed by atoms with E-state index in [1.807, 2.05) is 0 Å². The van der Waals surface area contributed by atoms with Gasteiger partial charge in [-0.2, -0.15) is 0 Å². The lowest BCUT2D eigenvalue weighted by Gasteiger charge is -2.41. The van der Waals surface area contributed by atoms with Crippen LogP contribution >= 0.6 is 0 Å². The number of carbonyl (C=O) groups excluding carboxylic acids is 1. The standard InChI is InChI=1S/C13H12F3NO2/c1-7(14)10-11(16)13(2,17-12(18)19-10)8-5-3-4-6-9(8)15/h3-6,10-11H,1H2,2H3,(H,17,18)/t10-,11+,13-/m1/s1. The van der Waals surface area contributed by atoms with Crippen LogP contribution in [0.4, 0.5) is 18.0 Å². The molecule has 19 heavy (non-hydrogen) atoms. The summed E-state index contributed by atoms with van der Waals surface area (Å²) in [6, 6.07) is 5.39. The molecule has 0 aromatic heterocycles. The Morgan fingerprint density at radius 1 is 1.47 bits per heavy atom. The number of hydrogen-bond donors (Lipinski definition) is 1. The average molecular weight is 271 g/mol. The van der Waals surface area contributed by atoms with E-state index in [0.29, 0.717) is 0 Å². The summed E-state index contributed by atoms with van der Waals surface area (Å²) in [6.45, 7) is 4.21. The predicted octanol–water partition coefficient (Wildman–Crippen LogP) is 2.97. The lowest BCUT2D eigenvalue weighted by molar-refractivity contribution is -0.0261. The Morgan fingerprint density at radius 2 is 2.11 bits per heavy atom. The second-order valence-electron chi connectivity index (χ2n) is 4.48. The second kappa shape index (κ2) is 4.60. The van der Waals surface area contributed by atoms with Crippen molar-refractivity contribution in [2.45, 2.75) is 24.7 Å². The van der Waals surface area contributed by atoms with E-state index in [-0.39, 0.29) is 5.56 Å². The molecule has 1 heterocycles. The molecule has 102 valence electrons. The molecule has 1 fully saturated rings. The van der Waals surface area contributed by atoms with Crippen LogP contribution in [0.25, 0.3) is 0 Å². The highest BCUT2D eigenvalue weighted by atomic mass is 19.1. The molecule has 1 N–H and O–H groups in total. The summed E-state index contributed by atoms with van der Waals surface area (Å²) in [4.78, 5) is 11.4. The number of rotatable bonds is 2. The van der Waals surface area contributed by atoms with Gasteiger partial charge in [-0.25, -0.2) is 18.0 Å². The minimum Gasteiger partial charge on any atom is -0.436 e. The Morgan fingerprint density at radius 3 is 2.68 bits per heavy atom. The normalized spacial score (nSPS) is 30.4. The van der Waals surface area contributed by atoms with E-state index in [0.717, 1.165) is 6.07 Å². The van der Waals surface area contributed by atoms with E-state index >= 15 is 0 Å². The third-order valence-electron chi connectivity index (χ3n) is 3.16. The van der Waals surface area contributed by atoms with Gasteiger partial charge in [-0.1, -0.05) is 24.8 Å². The molecule has 1 aliphatic rings. The number of benzene rings is 1. The van der Waals surface area contributed by atoms with Gasteiger partial charge in [-0.3, -0.25) is 0 Å².